The highest BCUT2D eigenvalue weighted by atomic mass is 32.1. The zero-order chi connectivity index (χ0) is 16.1. The summed E-state index contributed by atoms with van der Waals surface area (Å²) in [6.45, 7) is 3.54. The van der Waals surface area contributed by atoms with Gasteiger partial charge in [-0.15, -0.1) is 11.3 Å². The van der Waals surface area contributed by atoms with Crippen molar-refractivity contribution in [3.63, 3.8) is 0 Å². The van der Waals surface area contributed by atoms with Gasteiger partial charge in [0.15, 0.2) is 5.96 Å². The first-order valence-corrected chi connectivity index (χ1v) is 8.55. The predicted molar refractivity (Wildman–Crippen MR) is 96.8 cm³/mol. The Bertz CT molecular complexity index is 769. The molecule has 2 aromatic heterocycles. The van der Waals surface area contributed by atoms with Crippen molar-refractivity contribution in [2.75, 3.05) is 7.05 Å². The van der Waals surface area contributed by atoms with E-state index in [1.807, 2.05) is 18.3 Å². The lowest BCUT2D eigenvalue weighted by molar-refractivity contribution is 0.796. The zero-order valence-electron chi connectivity index (χ0n) is 13.4. The molecule has 3 aromatic rings. The SMILES string of the molecule is CCc1cnc(CNC(=NC)NCc2cc3ccccc3[nH]2)s1. The van der Waals surface area contributed by atoms with Gasteiger partial charge in [0.05, 0.1) is 13.1 Å². The number of nitrogens with zero attached hydrogens (tertiary/aromatic N) is 2. The molecule has 2 heterocycles. The first-order valence-electron chi connectivity index (χ1n) is 7.73. The fourth-order valence-corrected chi connectivity index (χ4v) is 3.18. The summed E-state index contributed by atoms with van der Waals surface area (Å²) < 4.78 is 0. The number of aryl methyl sites for hydroxylation is 1. The van der Waals surface area contributed by atoms with Crippen LogP contribution in [0.2, 0.25) is 0 Å². The van der Waals surface area contributed by atoms with E-state index >= 15 is 0 Å². The summed E-state index contributed by atoms with van der Waals surface area (Å²) in [4.78, 5) is 13.4. The number of aliphatic imine (C=N–C) groups is 1. The van der Waals surface area contributed by atoms with Gasteiger partial charge in [0, 0.05) is 29.3 Å². The van der Waals surface area contributed by atoms with Crippen LogP contribution in [0.25, 0.3) is 10.9 Å². The van der Waals surface area contributed by atoms with Crippen LogP contribution in [0, 0.1) is 0 Å². The van der Waals surface area contributed by atoms with Crippen molar-refractivity contribution >= 4 is 28.2 Å². The number of H-pyrrole nitrogens is 1. The second kappa shape index (κ2) is 7.28. The second-order valence-electron chi connectivity index (χ2n) is 5.24. The molecule has 0 fully saturated rings. The molecule has 0 spiro atoms. The molecular weight excluding hydrogens is 306 g/mol. The molecule has 0 aliphatic heterocycles. The Hall–Kier alpha value is -2.34. The van der Waals surface area contributed by atoms with Gasteiger partial charge in [-0.1, -0.05) is 25.1 Å². The van der Waals surface area contributed by atoms with Crippen molar-refractivity contribution < 1.29 is 0 Å². The molecule has 0 radical (unpaired) electrons. The normalized spacial score (nSPS) is 11.8. The van der Waals surface area contributed by atoms with Crippen molar-refractivity contribution in [3.8, 4) is 0 Å². The van der Waals surface area contributed by atoms with E-state index in [4.69, 9.17) is 0 Å². The van der Waals surface area contributed by atoms with Crippen LogP contribution >= 0.6 is 11.3 Å². The Balaban J connectivity index is 1.55. The largest absolute Gasteiger partial charge is 0.357 e. The molecule has 0 saturated heterocycles. The molecule has 23 heavy (non-hydrogen) atoms. The Labute approximate surface area is 139 Å². The third-order valence-corrected chi connectivity index (χ3v) is 4.75. The quantitative estimate of drug-likeness (QED) is 0.498. The monoisotopic (exact) mass is 327 g/mol. The molecule has 0 unspecified atom stereocenters. The lowest BCUT2D eigenvalue weighted by Crippen LogP contribution is -2.36. The second-order valence-corrected chi connectivity index (χ2v) is 6.43. The first-order chi connectivity index (χ1) is 11.3. The number of para-hydroxylation sites is 1. The van der Waals surface area contributed by atoms with Gasteiger partial charge >= 0.3 is 0 Å². The molecule has 6 heteroatoms. The highest BCUT2D eigenvalue weighted by Gasteiger charge is 2.04. The fraction of sp³-hybridized carbons (Fsp3) is 0.294. The topological polar surface area (TPSA) is 65.1 Å². The maximum Gasteiger partial charge on any atom is 0.191 e. The number of aromatic amines is 1. The van der Waals surface area contributed by atoms with E-state index in [0.717, 1.165) is 28.6 Å². The van der Waals surface area contributed by atoms with Gasteiger partial charge in [-0.05, 0) is 23.9 Å². The molecule has 0 atom stereocenters. The minimum atomic E-state index is 0.692. The summed E-state index contributed by atoms with van der Waals surface area (Å²) in [5, 5.41) is 8.93. The molecular formula is C17H21N5S. The van der Waals surface area contributed by atoms with E-state index < -0.39 is 0 Å². The fourth-order valence-electron chi connectivity index (χ4n) is 2.38. The number of nitrogens with one attached hydrogen (secondary N) is 3. The maximum atomic E-state index is 4.41. The molecule has 1 aromatic carbocycles. The van der Waals surface area contributed by atoms with E-state index in [1.54, 1.807) is 18.4 Å². The number of hydrogen-bond acceptors (Lipinski definition) is 3. The summed E-state index contributed by atoms with van der Waals surface area (Å²) >= 11 is 1.74. The number of hydrogen-bond donors (Lipinski definition) is 3. The Morgan fingerprint density at radius 2 is 2.09 bits per heavy atom. The minimum Gasteiger partial charge on any atom is -0.357 e. The van der Waals surface area contributed by atoms with E-state index in [2.05, 4.69) is 50.7 Å². The van der Waals surface area contributed by atoms with E-state index in [0.29, 0.717) is 13.1 Å². The number of guanidine groups is 1. The van der Waals surface area contributed by atoms with E-state index in [1.165, 1.54) is 10.3 Å². The van der Waals surface area contributed by atoms with Gasteiger partial charge < -0.3 is 15.6 Å². The standard InChI is InChI=1S/C17H21N5S/c1-3-14-10-19-16(23-14)11-21-17(18-2)20-9-13-8-12-6-4-5-7-15(12)22-13/h4-8,10,22H,3,9,11H2,1-2H3,(H2,18,20,21). The van der Waals surface area contributed by atoms with Crippen LogP contribution < -0.4 is 10.6 Å². The summed E-state index contributed by atoms with van der Waals surface area (Å²) in [5.74, 6) is 0.775. The van der Waals surface area contributed by atoms with Gasteiger partial charge in [0.2, 0.25) is 0 Å². The van der Waals surface area contributed by atoms with Gasteiger partial charge in [0.1, 0.15) is 5.01 Å². The lowest BCUT2D eigenvalue weighted by Gasteiger charge is -2.09. The highest BCUT2D eigenvalue weighted by Crippen LogP contribution is 2.14. The summed E-state index contributed by atoms with van der Waals surface area (Å²) in [6, 6.07) is 10.4. The summed E-state index contributed by atoms with van der Waals surface area (Å²) in [6.07, 6.45) is 2.98. The molecule has 120 valence electrons. The van der Waals surface area contributed by atoms with Crippen LogP contribution in [0.3, 0.4) is 0 Å². The lowest BCUT2D eigenvalue weighted by atomic mass is 10.2. The molecule has 0 aliphatic carbocycles. The Morgan fingerprint density at radius 1 is 1.26 bits per heavy atom. The molecule has 5 nitrogen and oxygen atoms in total. The van der Waals surface area contributed by atoms with Crippen LogP contribution in [0.4, 0.5) is 0 Å². The van der Waals surface area contributed by atoms with Crippen LogP contribution in [-0.4, -0.2) is 23.0 Å². The zero-order valence-corrected chi connectivity index (χ0v) is 14.2. The van der Waals surface area contributed by atoms with E-state index in [-0.39, 0.29) is 0 Å². The molecule has 0 bridgehead atoms. The molecule has 0 saturated carbocycles. The van der Waals surface area contributed by atoms with Gasteiger partial charge in [0.25, 0.3) is 0 Å². The van der Waals surface area contributed by atoms with Gasteiger partial charge in [-0.3, -0.25) is 4.99 Å². The number of rotatable bonds is 5. The molecule has 3 rings (SSSR count). The smallest absolute Gasteiger partial charge is 0.191 e. The Kier molecular flexibility index (Phi) is 4.92. The van der Waals surface area contributed by atoms with Crippen molar-refractivity contribution in [2.24, 2.45) is 4.99 Å². The van der Waals surface area contributed by atoms with Crippen LogP contribution in [0.1, 0.15) is 22.5 Å². The maximum absolute atomic E-state index is 4.41. The molecule has 3 N–H and O–H groups in total. The van der Waals surface area contributed by atoms with Gasteiger partial charge in [-0.25, -0.2) is 4.98 Å². The van der Waals surface area contributed by atoms with Crippen molar-refractivity contribution in [1.29, 1.82) is 0 Å². The molecule has 0 amide bonds. The van der Waals surface area contributed by atoms with Crippen LogP contribution in [-0.2, 0) is 19.5 Å². The van der Waals surface area contributed by atoms with E-state index in [9.17, 15) is 0 Å². The number of thiazole rings is 1. The average Bonchev–Trinajstić information content (AvgIpc) is 3.21. The van der Waals surface area contributed by atoms with Crippen molar-refractivity contribution in [3.05, 3.63) is 52.1 Å². The highest BCUT2D eigenvalue weighted by molar-refractivity contribution is 7.11. The van der Waals surface area contributed by atoms with Crippen LogP contribution in [0.15, 0.2) is 41.5 Å². The predicted octanol–water partition coefficient (Wildman–Crippen LogP) is 3.05. The van der Waals surface area contributed by atoms with Crippen molar-refractivity contribution in [2.45, 2.75) is 26.4 Å². The summed E-state index contributed by atoms with van der Waals surface area (Å²) in [5.41, 5.74) is 2.29. The third kappa shape index (κ3) is 3.90. The molecule has 0 aliphatic rings. The first kappa shape index (κ1) is 15.6. The number of fused-ring (bicyclic) bond motifs is 1. The van der Waals surface area contributed by atoms with Crippen molar-refractivity contribution in [1.82, 2.24) is 20.6 Å². The van der Waals surface area contributed by atoms with Gasteiger partial charge in [-0.2, -0.15) is 0 Å². The minimum absolute atomic E-state index is 0.692. The third-order valence-electron chi connectivity index (χ3n) is 3.61. The Morgan fingerprint density at radius 3 is 2.83 bits per heavy atom. The average molecular weight is 327 g/mol. The number of aromatic nitrogens is 2. The number of benzene rings is 1. The van der Waals surface area contributed by atoms with Crippen LogP contribution in [0.5, 0.6) is 0 Å². The summed E-state index contributed by atoms with van der Waals surface area (Å²) in [7, 11) is 1.78.